The first-order valence-corrected chi connectivity index (χ1v) is 14.0. The Balaban J connectivity index is 1.44. The third kappa shape index (κ3) is 9.04. The molecule has 10 nitrogen and oxygen atoms in total. The fraction of sp³-hybridized carbons (Fsp3) is 0.345. The lowest BCUT2D eigenvalue weighted by molar-refractivity contribution is -0.137. The number of aliphatic hydroxyl groups excluding tert-OH is 2. The minimum absolute atomic E-state index is 0.00592. The van der Waals surface area contributed by atoms with Gasteiger partial charge in [0.15, 0.2) is 0 Å². The van der Waals surface area contributed by atoms with Crippen molar-refractivity contribution in [1.29, 1.82) is 0 Å². The first kappa shape index (κ1) is 32.0. The average Bonchev–Trinajstić information content (AvgIpc) is 3.20. The lowest BCUT2D eigenvalue weighted by atomic mass is 10.1. The van der Waals surface area contributed by atoms with Crippen LogP contribution in [0.25, 0.3) is 6.08 Å². The zero-order valence-electron chi connectivity index (χ0n) is 23.1. The number of nitrogens with zero attached hydrogens (tertiary/aromatic N) is 3. The number of hydrogen-bond acceptors (Lipinski definition) is 9. The SMILES string of the molecule is O=C(NCCCN(CCO)CCO)C1=Cc2c(ncnc2Nc2ccc(Oc3cccc(C(F)(F)F)c3)c(Cl)c2)NCC1. The largest absolute Gasteiger partial charge is 0.456 e. The van der Waals surface area contributed by atoms with E-state index in [0.717, 1.165) is 12.1 Å². The molecule has 4 rings (SSSR count). The molecule has 1 aliphatic rings. The molecule has 14 heteroatoms. The number of nitrogens with one attached hydrogen (secondary N) is 3. The third-order valence-corrected chi connectivity index (χ3v) is 6.83. The van der Waals surface area contributed by atoms with E-state index in [0.29, 0.717) is 74.0 Å². The number of aromatic nitrogens is 2. The second-order valence-electron chi connectivity index (χ2n) is 9.63. The number of anilines is 3. The van der Waals surface area contributed by atoms with Crippen molar-refractivity contribution in [3.63, 3.8) is 0 Å². The van der Waals surface area contributed by atoms with Crippen LogP contribution in [0.3, 0.4) is 0 Å². The predicted molar refractivity (Wildman–Crippen MR) is 158 cm³/mol. The van der Waals surface area contributed by atoms with E-state index in [1.807, 2.05) is 4.90 Å². The number of fused-ring (bicyclic) bond motifs is 1. The summed E-state index contributed by atoms with van der Waals surface area (Å²) in [7, 11) is 0. The van der Waals surface area contributed by atoms with Gasteiger partial charge in [-0.15, -0.1) is 0 Å². The van der Waals surface area contributed by atoms with Crippen LogP contribution in [0.2, 0.25) is 5.02 Å². The monoisotopic (exact) mass is 620 g/mol. The second kappa shape index (κ2) is 15.0. The van der Waals surface area contributed by atoms with Crippen molar-refractivity contribution >= 4 is 40.9 Å². The highest BCUT2D eigenvalue weighted by atomic mass is 35.5. The predicted octanol–water partition coefficient (Wildman–Crippen LogP) is 4.68. The maximum Gasteiger partial charge on any atom is 0.416 e. The van der Waals surface area contributed by atoms with E-state index in [4.69, 9.17) is 26.6 Å². The van der Waals surface area contributed by atoms with Gasteiger partial charge in [-0.05, 0) is 61.9 Å². The normalized spacial score (nSPS) is 13.0. The maximum atomic E-state index is 13.1. The number of halogens is 4. The standard InChI is InChI=1S/C29H32ClF3N6O4/c30-24-17-21(5-6-25(24)43-22-4-1-3-20(16-22)29(31,32)33)38-27-23-15-19(7-9-34-26(23)36-18-37-27)28(42)35-8-2-10-39(11-13-40)12-14-41/h1,3-6,15-18,40-41H,2,7-14H2,(H,35,42)(H2,34,36,37,38). The molecule has 0 unspecified atom stereocenters. The Bertz CT molecular complexity index is 1430. The van der Waals surface area contributed by atoms with Crippen LogP contribution in [0.15, 0.2) is 54.4 Å². The van der Waals surface area contributed by atoms with Crippen LogP contribution in [0.5, 0.6) is 11.5 Å². The van der Waals surface area contributed by atoms with E-state index in [1.165, 1.54) is 24.5 Å². The quantitative estimate of drug-likeness (QED) is 0.173. The van der Waals surface area contributed by atoms with Gasteiger partial charge in [-0.25, -0.2) is 9.97 Å². The van der Waals surface area contributed by atoms with Crippen LogP contribution >= 0.6 is 11.6 Å². The molecule has 0 bridgehead atoms. The van der Waals surface area contributed by atoms with E-state index >= 15 is 0 Å². The Morgan fingerprint density at radius 1 is 1.09 bits per heavy atom. The number of hydrogen-bond donors (Lipinski definition) is 5. The molecule has 0 saturated carbocycles. The van der Waals surface area contributed by atoms with E-state index in [9.17, 15) is 18.0 Å². The average molecular weight is 621 g/mol. The number of amides is 1. The topological polar surface area (TPSA) is 132 Å². The Morgan fingerprint density at radius 2 is 1.88 bits per heavy atom. The Kier molecular flexibility index (Phi) is 11.2. The number of ether oxygens (including phenoxy) is 1. The van der Waals surface area contributed by atoms with Gasteiger partial charge >= 0.3 is 6.18 Å². The van der Waals surface area contributed by atoms with Gasteiger partial charge in [0.2, 0.25) is 5.91 Å². The molecular weight excluding hydrogens is 589 g/mol. The van der Waals surface area contributed by atoms with Crippen LogP contribution in [0.4, 0.5) is 30.5 Å². The number of aliphatic hydroxyl groups is 2. The van der Waals surface area contributed by atoms with E-state index in [-0.39, 0.29) is 35.6 Å². The van der Waals surface area contributed by atoms with Gasteiger partial charge < -0.3 is 30.9 Å². The molecular formula is C29H32ClF3N6O4. The van der Waals surface area contributed by atoms with Crippen LogP contribution in [-0.2, 0) is 11.0 Å². The van der Waals surface area contributed by atoms with Gasteiger partial charge in [0.25, 0.3) is 0 Å². The minimum Gasteiger partial charge on any atom is -0.456 e. The molecule has 0 spiro atoms. The molecule has 230 valence electrons. The van der Waals surface area contributed by atoms with Gasteiger partial charge in [-0.2, -0.15) is 13.2 Å². The number of carbonyl (C=O) groups is 1. The summed E-state index contributed by atoms with van der Waals surface area (Å²) in [6.07, 6.45) is -0.290. The molecule has 1 aliphatic heterocycles. The molecule has 2 heterocycles. The summed E-state index contributed by atoms with van der Waals surface area (Å²) >= 11 is 6.40. The maximum absolute atomic E-state index is 13.1. The number of benzene rings is 2. The van der Waals surface area contributed by atoms with E-state index < -0.39 is 11.7 Å². The number of alkyl halides is 3. The summed E-state index contributed by atoms with van der Waals surface area (Å²) in [5.74, 6) is 0.896. The van der Waals surface area contributed by atoms with Crippen molar-refractivity contribution < 1.29 is 32.9 Å². The summed E-state index contributed by atoms with van der Waals surface area (Å²) in [6.45, 7) is 2.43. The van der Waals surface area contributed by atoms with Gasteiger partial charge in [0.1, 0.15) is 29.5 Å². The van der Waals surface area contributed by atoms with Crippen molar-refractivity contribution in [3.8, 4) is 11.5 Å². The highest BCUT2D eigenvalue weighted by Crippen LogP contribution is 2.36. The molecule has 2 aromatic carbocycles. The molecule has 5 N–H and O–H groups in total. The Hall–Kier alpha value is -3.91. The van der Waals surface area contributed by atoms with Crippen molar-refractivity contribution in [2.45, 2.75) is 19.0 Å². The molecule has 0 fully saturated rings. The summed E-state index contributed by atoms with van der Waals surface area (Å²) < 4.78 is 44.8. The molecule has 0 aliphatic carbocycles. The van der Waals surface area contributed by atoms with Gasteiger partial charge in [-0.1, -0.05) is 17.7 Å². The molecule has 0 saturated heterocycles. The van der Waals surface area contributed by atoms with Crippen LogP contribution in [0, 0.1) is 0 Å². The fourth-order valence-corrected chi connectivity index (χ4v) is 4.63. The first-order chi connectivity index (χ1) is 20.7. The van der Waals surface area contributed by atoms with Gasteiger partial charge in [0.05, 0.1) is 29.4 Å². The molecule has 1 aromatic heterocycles. The van der Waals surface area contributed by atoms with Crippen LogP contribution < -0.4 is 20.7 Å². The Labute approximate surface area is 251 Å². The Morgan fingerprint density at radius 3 is 2.60 bits per heavy atom. The first-order valence-electron chi connectivity index (χ1n) is 13.6. The van der Waals surface area contributed by atoms with Gasteiger partial charge in [0, 0.05) is 37.4 Å². The lowest BCUT2D eigenvalue weighted by Crippen LogP contribution is -2.34. The summed E-state index contributed by atoms with van der Waals surface area (Å²) in [4.78, 5) is 23.5. The van der Waals surface area contributed by atoms with Crippen LogP contribution in [0.1, 0.15) is 24.0 Å². The highest BCUT2D eigenvalue weighted by molar-refractivity contribution is 6.32. The highest BCUT2D eigenvalue weighted by Gasteiger charge is 2.30. The fourth-order valence-electron chi connectivity index (χ4n) is 4.41. The molecule has 43 heavy (non-hydrogen) atoms. The summed E-state index contributed by atoms with van der Waals surface area (Å²) in [5.41, 5.74) is 0.805. The van der Waals surface area contributed by atoms with Crippen molar-refractivity contribution in [2.75, 3.05) is 56.6 Å². The molecule has 1 amide bonds. The number of carbonyl (C=O) groups excluding carboxylic acids is 1. The summed E-state index contributed by atoms with van der Waals surface area (Å²) in [5, 5.41) is 27.7. The lowest BCUT2D eigenvalue weighted by Gasteiger charge is -2.20. The van der Waals surface area contributed by atoms with E-state index in [2.05, 4.69) is 25.9 Å². The minimum atomic E-state index is -4.50. The molecule has 3 aromatic rings. The van der Waals surface area contributed by atoms with Crippen molar-refractivity contribution in [1.82, 2.24) is 20.2 Å². The number of rotatable bonds is 13. The third-order valence-electron chi connectivity index (χ3n) is 6.53. The molecule has 0 atom stereocenters. The van der Waals surface area contributed by atoms with Gasteiger partial charge in [-0.3, -0.25) is 9.69 Å². The van der Waals surface area contributed by atoms with E-state index in [1.54, 1.807) is 18.2 Å². The molecule has 0 radical (unpaired) electrons. The summed E-state index contributed by atoms with van der Waals surface area (Å²) in [6, 6.07) is 9.24. The van der Waals surface area contributed by atoms with Crippen molar-refractivity contribution in [3.05, 3.63) is 70.5 Å². The zero-order valence-corrected chi connectivity index (χ0v) is 23.9. The smallest absolute Gasteiger partial charge is 0.416 e. The van der Waals surface area contributed by atoms with Crippen LogP contribution in [-0.4, -0.2) is 76.9 Å². The zero-order chi connectivity index (χ0) is 30.8. The van der Waals surface area contributed by atoms with Crippen molar-refractivity contribution in [2.24, 2.45) is 0 Å². The second-order valence-corrected chi connectivity index (χ2v) is 10.0.